The summed E-state index contributed by atoms with van der Waals surface area (Å²) in [6, 6.07) is 0. The zero-order valence-electron chi connectivity index (χ0n) is 12.6. The highest BCUT2D eigenvalue weighted by Crippen LogP contribution is 2.50. The van der Waals surface area contributed by atoms with Crippen LogP contribution < -0.4 is 0 Å². The van der Waals surface area contributed by atoms with Gasteiger partial charge in [-0.3, -0.25) is 0 Å². The van der Waals surface area contributed by atoms with E-state index in [1.807, 2.05) is 13.0 Å². The van der Waals surface area contributed by atoms with Crippen LogP contribution in [-0.4, -0.2) is 36.2 Å². The highest BCUT2D eigenvalue weighted by atomic mass is 35.5. The molecule has 114 valence electrons. The third-order valence-corrected chi connectivity index (χ3v) is 5.68. The van der Waals surface area contributed by atoms with Gasteiger partial charge in [0, 0.05) is 11.6 Å². The quantitative estimate of drug-likeness (QED) is 0.846. The molecule has 0 bridgehead atoms. The second kappa shape index (κ2) is 6.00. The lowest BCUT2D eigenvalue weighted by molar-refractivity contribution is -0.0406. The van der Waals surface area contributed by atoms with Gasteiger partial charge >= 0.3 is 0 Å². The van der Waals surface area contributed by atoms with Crippen LogP contribution in [0.25, 0.3) is 0 Å². The van der Waals surface area contributed by atoms with Crippen LogP contribution in [0.2, 0.25) is 0 Å². The van der Waals surface area contributed by atoms with Crippen molar-refractivity contribution in [1.82, 2.24) is 4.90 Å². The van der Waals surface area contributed by atoms with Crippen LogP contribution in [0.3, 0.4) is 0 Å². The SMILES string of the molecule is CN(C)CC1(C2C=CC(Cl)=C(Cl)C2)CCC(C)(O)CC1. The van der Waals surface area contributed by atoms with Crippen LogP contribution in [0.5, 0.6) is 0 Å². The van der Waals surface area contributed by atoms with E-state index in [0.717, 1.165) is 43.7 Å². The van der Waals surface area contributed by atoms with Gasteiger partial charge in [-0.15, -0.1) is 0 Å². The molecule has 0 radical (unpaired) electrons. The molecule has 0 aromatic heterocycles. The third-order valence-electron chi connectivity index (χ3n) is 4.87. The summed E-state index contributed by atoms with van der Waals surface area (Å²) in [6.45, 7) is 2.98. The Hall–Kier alpha value is -0.0200. The molecular formula is C16H25Cl2NO. The van der Waals surface area contributed by atoms with Crippen molar-refractivity contribution in [3.63, 3.8) is 0 Å². The van der Waals surface area contributed by atoms with E-state index >= 15 is 0 Å². The fraction of sp³-hybridized carbons (Fsp3) is 0.750. The predicted molar refractivity (Wildman–Crippen MR) is 86.1 cm³/mol. The molecular weight excluding hydrogens is 293 g/mol. The second-order valence-electron chi connectivity index (χ2n) is 7.02. The molecule has 1 atom stereocenters. The number of allylic oxidation sites excluding steroid dienone is 4. The van der Waals surface area contributed by atoms with E-state index in [4.69, 9.17) is 23.2 Å². The van der Waals surface area contributed by atoms with Gasteiger partial charge in [-0.25, -0.2) is 0 Å². The van der Waals surface area contributed by atoms with E-state index in [1.165, 1.54) is 0 Å². The first-order valence-electron chi connectivity index (χ1n) is 7.34. The van der Waals surface area contributed by atoms with E-state index in [-0.39, 0.29) is 5.41 Å². The number of rotatable bonds is 3. The first kappa shape index (κ1) is 16.4. The maximum atomic E-state index is 10.2. The van der Waals surface area contributed by atoms with Gasteiger partial charge in [-0.2, -0.15) is 0 Å². The van der Waals surface area contributed by atoms with Crippen LogP contribution in [0.4, 0.5) is 0 Å². The maximum Gasteiger partial charge on any atom is 0.0620 e. The van der Waals surface area contributed by atoms with Crippen LogP contribution in [0.15, 0.2) is 22.2 Å². The van der Waals surface area contributed by atoms with Crippen molar-refractivity contribution in [3.05, 3.63) is 22.2 Å². The van der Waals surface area contributed by atoms with E-state index in [2.05, 4.69) is 25.1 Å². The Labute approximate surface area is 132 Å². The number of hydrogen-bond acceptors (Lipinski definition) is 2. The van der Waals surface area contributed by atoms with Gasteiger partial charge in [-0.05, 0) is 70.5 Å². The third kappa shape index (κ3) is 3.59. The van der Waals surface area contributed by atoms with Gasteiger partial charge in [-0.1, -0.05) is 29.3 Å². The molecule has 1 N–H and O–H groups in total. The lowest BCUT2D eigenvalue weighted by atomic mass is 9.61. The molecule has 2 aliphatic rings. The molecule has 2 rings (SSSR count). The van der Waals surface area contributed by atoms with Crippen LogP contribution in [0.1, 0.15) is 39.0 Å². The summed E-state index contributed by atoms with van der Waals surface area (Å²) in [5, 5.41) is 11.7. The fourth-order valence-electron chi connectivity index (χ4n) is 3.63. The molecule has 1 saturated carbocycles. The van der Waals surface area contributed by atoms with E-state index in [0.29, 0.717) is 11.0 Å². The molecule has 2 aliphatic carbocycles. The lowest BCUT2D eigenvalue weighted by Gasteiger charge is -2.48. The molecule has 0 aromatic rings. The lowest BCUT2D eigenvalue weighted by Crippen LogP contribution is -2.46. The van der Waals surface area contributed by atoms with Crippen molar-refractivity contribution in [2.45, 2.75) is 44.6 Å². The zero-order chi connectivity index (χ0) is 15.0. The van der Waals surface area contributed by atoms with Crippen LogP contribution in [-0.2, 0) is 0 Å². The normalized spacial score (nSPS) is 38.6. The van der Waals surface area contributed by atoms with Crippen molar-refractivity contribution in [2.24, 2.45) is 11.3 Å². The molecule has 0 aliphatic heterocycles. The average molecular weight is 318 g/mol. The van der Waals surface area contributed by atoms with Gasteiger partial charge in [0.2, 0.25) is 0 Å². The van der Waals surface area contributed by atoms with Crippen LogP contribution >= 0.6 is 23.2 Å². The fourth-order valence-corrected chi connectivity index (χ4v) is 4.01. The molecule has 1 unspecified atom stereocenters. The van der Waals surface area contributed by atoms with E-state index < -0.39 is 5.60 Å². The average Bonchev–Trinajstić information content (AvgIpc) is 2.35. The smallest absolute Gasteiger partial charge is 0.0620 e. The van der Waals surface area contributed by atoms with Crippen LogP contribution in [0, 0.1) is 11.3 Å². The summed E-state index contributed by atoms with van der Waals surface area (Å²) in [5.41, 5.74) is -0.314. The number of nitrogens with zero attached hydrogens (tertiary/aromatic N) is 1. The standard InChI is InChI=1S/C16H25Cl2NO/c1-15(20)6-8-16(9-7-15,11-19(2)3)12-4-5-13(17)14(18)10-12/h4-5,12,20H,6-11H2,1-3H3. The molecule has 20 heavy (non-hydrogen) atoms. The Morgan fingerprint density at radius 2 is 1.85 bits per heavy atom. The van der Waals surface area contributed by atoms with Crippen molar-refractivity contribution in [3.8, 4) is 0 Å². The van der Waals surface area contributed by atoms with Crippen molar-refractivity contribution in [1.29, 1.82) is 0 Å². The molecule has 0 heterocycles. The summed E-state index contributed by atoms with van der Waals surface area (Å²) in [5.74, 6) is 0.413. The maximum absolute atomic E-state index is 10.2. The summed E-state index contributed by atoms with van der Waals surface area (Å²) in [7, 11) is 4.23. The van der Waals surface area contributed by atoms with Gasteiger partial charge in [0.05, 0.1) is 10.6 Å². The minimum Gasteiger partial charge on any atom is -0.390 e. The summed E-state index contributed by atoms with van der Waals surface area (Å²) < 4.78 is 0. The summed E-state index contributed by atoms with van der Waals surface area (Å²) >= 11 is 12.3. The Morgan fingerprint density at radius 1 is 1.25 bits per heavy atom. The summed E-state index contributed by atoms with van der Waals surface area (Å²) in [6.07, 6.45) is 8.79. The largest absolute Gasteiger partial charge is 0.390 e. The Balaban J connectivity index is 2.19. The summed E-state index contributed by atoms with van der Waals surface area (Å²) in [4.78, 5) is 2.25. The monoisotopic (exact) mass is 317 g/mol. The molecule has 4 heteroatoms. The highest BCUT2D eigenvalue weighted by Gasteiger charge is 2.44. The topological polar surface area (TPSA) is 23.5 Å². The Bertz CT molecular complexity index is 416. The number of hydrogen-bond donors (Lipinski definition) is 1. The van der Waals surface area contributed by atoms with Gasteiger partial charge in [0.1, 0.15) is 0 Å². The zero-order valence-corrected chi connectivity index (χ0v) is 14.1. The number of halogens is 2. The predicted octanol–water partition coefficient (Wildman–Crippen LogP) is 4.12. The molecule has 0 amide bonds. The Kier molecular flexibility index (Phi) is 4.91. The molecule has 2 nitrogen and oxygen atoms in total. The highest BCUT2D eigenvalue weighted by molar-refractivity contribution is 6.40. The first-order valence-corrected chi connectivity index (χ1v) is 8.09. The minimum absolute atomic E-state index is 0.194. The van der Waals surface area contributed by atoms with Gasteiger partial charge in [0.25, 0.3) is 0 Å². The minimum atomic E-state index is -0.508. The van der Waals surface area contributed by atoms with Gasteiger partial charge in [0.15, 0.2) is 0 Å². The Morgan fingerprint density at radius 3 is 2.35 bits per heavy atom. The van der Waals surface area contributed by atoms with E-state index in [1.54, 1.807) is 0 Å². The van der Waals surface area contributed by atoms with E-state index in [9.17, 15) is 5.11 Å². The van der Waals surface area contributed by atoms with Crippen molar-refractivity contribution >= 4 is 23.2 Å². The molecule has 0 spiro atoms. The number of aliphatic hydroxyl groups is 1. The molecule has 0 aromatic carbocycles. The molecule has 0 saturated heterocycles. The molecule has 1 fully saturated rings. The second-order valence-corrected chi connectivity index (χ2v) is 7.88. The van der Waals surface area contributed by atoms with Crippen molar-refractivity contribution < 1.29 is 5.11 Å². The van der Waals surface area contributed by atoms with Gasteiger partial charge < -0.3 is 10.0 Å². The first-order chi connectivity index (χ1) is 9.24. The van der Waals surface area contributed by atoms with Crippen molar-refractivity contribution in [2.75, 3.05) is 20.6 Å².